The summed E-state index contributed by atoms with van der Waals surface area (Å²) in [4.78, 5) is 17.1. The second-order valence-electron chi connectivity index (χ2n) is 2.67. The molecule has 14 heavy (non-hydrogen) atoms. The zero-order valence-corrected chi connectivity index (χ0v) is 8.63. The van der Waals surface area contributed by atoms with Gasteiger partial charge in [-0.15, -0.1) is 12.4 Å². The van der Waals surface area contributed by atoms with Crippen LogP contribution in [-0.4, -0.2) is 34.3 Å². The SMILES string of the molecule is Cc1nc(CCOCC(=O)O)c[nH]1.Cl. The molecule has 1 aromatic rings. The summed E-state index contributed by atoms with van der Waals surface area (Å²) < 4.78 is 4.85. The Morgan fingerprint density at radius 1 is 1.71 bits per heavy atom. The zero-order valence-electron chi connectivity index (χ0n) is 7.82. The fraction of sp³-hybridized carbons (Fsp3) is 0.500. The number of aliphatic carboxylic acids is 1. The average molecular weight is 221 g/mol. The van der Waals surface area contributed by atoms with Crippen molar-refractivity contribution in [2.75, 3.05) is 13.2 Å². The van der Waals surface area contributed by atoms with E-state index in [1.54, 1.807) is 6.20 Å². The second-order valence-corrected chi connectivity index (χ2v) is 2.67. The smallest absolute Gasteiger partial charge is 0.329 e. The molecule has 80 valence electrons. The van der Waals surface area contributed by atoms with Gasteiger partial charge >= 0.3 is 5.97 Å². The highest BCUT2D eigenvalue weighted by atomic mass is 35.5. The minimum absolute atomic E-state index is 0. The van der Waals surface area contributed by atoms with Crippen LogP contribution < -0.4 is 0 Å². The number of carboxylic acid groups (broad SMARTS) is 1. The molecule has 0 atom stereocenters. The maximum absolute atomic E-state index is 10.1. The second kappa shape index (κ2) is 6.39. The van der Waals surface area contributed by atoms with Crippen LogP contribution in [-0.2, 0) is 16.0 Å². The molecule has 0 aromatic carbocycles. The van der Waals surface area contributed by atoms with E-state index in [4.69, 9.17) is 9.84 Å². The van der Waals surface area contributed by atoms with Gasteiger partial charge in [0.25, 0.3) is 0 Å². The first-order valence-electron chi connectivity index (χ1n) is 3.99. The molecule has 6 heteroatoms. The van der Waals surface area contributed by atoms with Crippen LogP contribution in [0.3, 0.4) is 0 Å². The number of nitrogens with one attached hydrogen (secondary N) is 1. The Morgan fingerprint density at radius 3 is 2.93 bits per heavy atom. The van der Waals surface area contributed by atoms with Crippen molar-refractivity contribution < 1.29 is 14.6 Å². The van der Waals surface area contributed by atoms with Crippen LogP contribution >= 0.6 is 12.4 Å². The number of rotatable bonds is 5. The van der Waals surface area contributed by atoms with E-state index in [-0.39, 0.29) is 19.0 Å². The van der Waals surface area contributed by atoms with Crippen molar-refractivity contribution in [3.8, 4) is 0 Å². The van der Waals surface area contributed by atoms with Gasteiger partial charge in [-0.05, 0) is 6.92 Å². The lowest BCUT2D eigenvalue weighted by Crippen LogP contribution is -2.09. The fourth-order valence-corrected chi connectivity index (χ4v) is 0.932. The van der Waals surface area contributed by atoms with Crippen molar-refractivity contribution in [2.45, 2.75) is 13.3 Å². The lowest BCUT2D eigenvalue weighted by molar-refractivity contribution is -0.142. The van der Waals surface area contributed by atoms with Gasteiger partial charge in [-0.2, -0.15) is 0 Å². The minimum Gasteiger partial charge on any atom is -0.480 e. The number of halogens is 1. The van der Waals surface area contributed by atoms with Crippen LogP contribution in [0.5, 0.6) is 0 Å². The molecule has 2 N–H and O–H groups in total. The maximum Gasteiger partial charge on any atom is 0.329 e. The molecule has 0 saturated carbocycles. The molecular formula is C8H13ClN2O3. The van der Waals surface area contributed by atoms with Gasteiger partial charge in [0, 0.05) is 12.6 Å². The molecule has 0 bridgehead atoms. The Balaban J connectivity index is 0.00000169. The standard InChI is InChI=1S/C8H12N2O3.ClH/c1-6-9-4-7(10-6)2-3-13-5-8(11)12;/h4H,2-3,5H2,1H3,(H,9,10)(H,11,12);1H. The van der Waals surface area contributed by atoms with E-state index in [0.717, 1.165) is 11.5 Å². The highest BCUT2D eigenvalue weighted by Gasteiger charge is 1.99. The molecule has 0 amide bonds. The first kappa shape index (κ1) is 12.9. The number of carboxylic acids is 1. The molecule has 0 spiro atoms. The van der Waals surface area contributed by atoms with Crippen molar-refractivity contribution in [3.63, 3.8) is 0 Å². The van der Waals surface area contributed by atoms with E-state index < -0.39 is 5.97 Å². The van der Waals surface area contributed by atoms with Crippen LogP contribution in [0.15, 0.2) is 6.20 Å². The highest BCUT2D eigenvalue weighted by Crippen LogP contribution is 1.96. The molecule has 1 rings (SSSR count). The van der Waals surface area contributed by atoms with Crippen molar-refractivity contribution in [1.29, 1.82) is 0 Å². The summed E-state index contributed by atoms with van der Waals surface area (Å²) in [6.45, 7) is 2.00. The van der Waals surface area contributed by atoms with Gasteiger partial charge < -0.3 is 14.8 Å². The Morgan fingerprint density at radius 2 is 2.43 bits per heavy atom. The molecule has 0 aliphatic rings. The summed E-state index contributed by atoms with van der Waals surface area (Å²) in [5.74, 6) is -0.0913. The molecule has 0 fully saturated rings. The van der Waals surface area contributed by atoms with E-state index in [0.29, 0.717) is 13.0 Å². The van der Waals surface area contributed by atoms with E-state index in [9.17, 15) is 4.79 Å². The van der Waals surface area contributed by atoms with E-state index in [1.165, 1.54) is 0 Å². The van der Waals surface area contributed by atoms with Gasteiger partial charge in [0.15, 0.2) is 0 Å². The topological polar surface area (TPSA) is 75.2 Å². The number of hydrogen-bond acceptors (Lipinski definition) is 3. The Bertz CT molecular complexity index is 288. The molecule has 0 saturated heterocycles. The Kier molecular flexibility index (Phi) is 5.91. The summed E-state index contributed by atoms with van der Waals surface area (Å²) in [6, 6.07) is 0. The van der Waals surface area contributed by atoms with E-state index in [2.05, 4.69) is 9.97 Å². The van der Waals surface area contributed by atoms with Gasteiger partial charge in [0.05, 0.1) is 12.3 Å². The number of carbonyl (C=O) groups is 1. The summed E-state index contributed by atoms with van der Waals surface area (Å²) in [5.41, 5.74) is 0.892. The number of H-pyrrole nitrogens is 1. The van der Waals surface area contributed by atoms with Crippen LogP contribution in [0.2, 0.25) is 0 Å². The summed E-state index contributed by atoms with van der Waals surface area (Å²) in [6.07, 6.45) is 2.43. The molecule has 1 heterocycles. The van der Waals surface area contributed by atoms with Crippen LogP contribution in [0.4, 0.5) is 0 Å². The Hall–Kier alpha value is -1.07. The third-order valence-corrected chi connectivity index (χ3v) is 1.49. The normalized spacial score (nSPS) is 9.50. The maximum atomic E-state index is 10.1. The Labute approximate surface area is 87.9 Å². The molecular weight excluding hydrogens is 208 g/mol. The number of hydrogen-bond donors (Lipinski definition) is 2. The quantitative estimate of drug-likeness (QED) is 0.720. The average Bonchev–Trinajstić information content (AvgIpc) is 2.45. The molecule has 1 aromatic heterocycles. The molecule has 0 aliphatic carbocycles. The lowest BCUT2D eigenvalue weighted by Gasteiger charge is -1.97. The number of aromatic amines is 1. The summed E-state index contributed by atoms with van der Waals surface area (Å²) >= 11 is 0. The third-order valence-electron chi connectivity index (χ3n) is 1.49. The molecule has 5 nitrogen and oxygen atoms in total. The fourth-order valence-electron chi connectivity index (χ4n) is 0.932. The summed E-state index contributed by atoms with van der Waals surface area (Å²) in [5, 5.41) is 8.27. The number of aryl methyl sites for hydroxylation is 1. The number of ether oxygens (including phenoxy) is 1. The van der Waals surface area contributed by atoms with E-state index in [1.807, 2.05) is 6.92 Å². The first-order chi connectivity index (χ1) is 6.18. The lowest BCUT2D eigenvalue weighted by atomic mass is 10.3. The predicted octanol–water partition coefficient (Wildman–Crippen LogP) is 0.784. The van der Waals surface area contributed by atoms with Crippen molar-refractivity contribution in [2.24, 2.45) is 0 Å². The van der Waals surface area contributed by atoms with Gasteiger partial charge in [-0.3, -0.25) is 0 Å². The van der Waals surface area contributed by atoms with Crippen LogP contribution in [0, 0.1) is 6.92 Å². The highest BCUT2D eigenvalue weighted by molar-refractivity contribution is 5.85. The molecule has 0 aliphatic heterocycles. The van der Waals surface area contributed by atoms with Crippen LogP contribution in [0.1, 0.15) is 11.5 Å². The van der Waals surface area contributed by atoms with Gasteiger partial charge in [-0.25, -0.2) is 9.78 Å². The van der Waals surface area contributed by atoms with Gasteiger partial charge in [0.2, 0.25) is 0 Å². The first-order valence-corrected chi connectivity index (χ1v) is 3.99. The van der Waals surface area contributed by atoms with Crippen molar-refractivity contribution in [1.82, 2.24) is 9.97 Å². The monoisotopic (exact) mass is 220 g/mol. The van der Waals surface area contributed by atoms with Gasteiger partial charge in [-0.1, -0.05) is 0 Å². The number of aromatic nitrogens is 2. The van der Waals surface area contributed by atoms with Gasteiger partial charge in [0.1, 0.15) is 12.4 Å². The summed E-state index contributed by atoms with van der Waals surface area (Å²) in [7, 11) is 0. The predicted molar refractivity (Wildman–Crippen MR) is 52.7 cm³/mol. The van der Waals surface area contributed by atoms with E-state index >= 15 is 0 Å². The van der Waals surface area contributed by atoms with Crippen molar-refractivity contribution >= 4 is 18.4 Å². The third kappa shape index (κ3) is 4.84. The molecule has 0 unspecified atom stereocenters. The number of imidazole rings is 1. The zero-order chi connectivity index (χ0) is 9.68. The largest absolute Gasteiger partial charge is 0.480 e. The van der Waals surface area contributed by atoms with Crippen LogP contribution in [0.25, 0.3) is 0 Å². The minimum atomic E-state index is -0.946. The molecule has 0 radical (unpaired) electrons. The number of nitrogens with zero attached hydrogens (tertiary/aromatic N) is 1. The van der Waals surface area contributed by atoms with Crippen molar-refractivity contribution in [3.05, 3.63) is 17.7 Å².